The van der Waals surface area contributed by atoms with Gasteiger partial charge in [0.15, 0.2) is 0 Å². The highest BCUT2D eigenvalue weighted by molar-refractivity contribution is 5.57. The zero-order valence-corrected chi connectivity index (χ0v) is 8.36. The lowest BCUT2D eigenvalue weighted by Gasteiger charge is -2.10. The summed E-state index contributed by atoms with van der Waals surface area (Å²) in [5.74, 6) is 0.705. The van der Waals surface area contributed by atoms with Gasteiger partial charge in [0.05, 0.1) is 7.11 Å². The highest BCUT2D eigenvalue weighted by atomic mass is 16.5. The SMILES string of the molecule is COc1ccc(C)cc1CC(O)C=O. The molecule has 0 amide bonds. The Balaban J connectivity index is 2.92. The molecule has 0 heterocycles. The third-order valence-corrected chi connectivity index (χ3v) is 2.02. The summed E-state index contributed by atoms with van der Waals surface area (Å²) in [5.41, 5.74) is 1.94. The number of hydrogen-bond donors (Lipinski definition) is 1. The predicted molar refractivity (Wildman–Crippen MR) is 53.5 cm³/mol. The minimum absolute atomic E-state index is 0.300. The van der Waals surface area contributed by atoms with Gasteiger partial charge in [-0.2, -0.15) is 0 Å². The van der Waals surface area contributed by atoms with E-state index in [4.69, 9.17) is 4.74 Å². The largest absolute Gasteiger partial charge is 0.496 e. The highest BCUT2D eigenvalue weighted by Crippen LogP contribution is 2.20. The van der Waals surface area contributed by atoms with Crippen molar-refractivity contribution < 1.29 is 14.6 Å². The maximum atomic E-state index is 10.3. The minimum Gasteiger partial charge on any atom is -0.496 e. The van der Waals surface area contributed by atoms with Crippen LogP contribution in [0.4, 0.5) is 0 Å². The fourth-order valence-electron chi connectivity index (χ4n) is 1.34. The number of methoxy groups -OCH3 is 1. The molecule has 0 fully saturated rings. The van der Waals surface area contributed by atoms with Gasteiger partial charge >= 0.3 is 0 Å². The minimum atomic E-state index is -0.953. The maximum Gasteiger partial charge on any atom is 0.148 e. The van der Waals surface area contributed by atoms with E-state index in [1.807, 2.05) is 25.1 Å². The fraction of sp³-hybridized carbons (Fsp3) is 0.364. The quantitative estimate of drug-likeness (QED) is 0.730. The van der Waals surface area contributed by atoms with Gasteiger partial charge in [0.1, 0.15) is 18.1 Å². The molecule has 0 aliphatic heterocycles. The molecular weight excluding hydrogens is 180 g/mol. The van der Waals surface area contributed by atoms with Crippen molar-refractivity contribution in [2.24, 2.45) is 0 Å². The molecule has 1 atom stereocenters. The first-order chi connectivity index (χ1) is 6.67. The van der Waals surface area contributed by atoms with Crippen LogP contribution in [0.1, 0.15) is 11.1 Å². The number of aliphatic hydroxyl groups is 1. The molecule has 1 rings (SSSR count). The topological polar surface area (TPSA) is 46.5 Å². The Labute approximate surface area is 83.3 Å². The van der Waals surface area contributed by atoms with Gasteiger partial charge in [-0.05, 0) is 18.6 Å². The van der Waals surface area contributed by atoms with E-state index < -0.39 is 6.10 Å². The van der Waals surface area contributed by atoms with Crippen LogP contribution in [0.3, 0.4) is 0 Å². The summed E-state index contributed by atoms with van der Waals surface area (Å²) in [6.07, 6.45) is -0.124. The number of aliphatic hydroxyl groups excluding tert-OH is 1. The number of hydrogen-bond acceptors (Lipinski definition) is 3. The van der Waals surface area contributed by atoms with Crippen molar-refractivity contribution in [3.05, 3.63) is 29.3 Å². The number of carbonyl (C=O) groups excluding carboxylic acids is 1. The van der Waals surface area contributed by atoms with Crippen LogP contribution in [0.2, 0.25) is 0 Å². The summed E-state index contributed by atoms with van der Waals surface area (Å²) >= 11 is 0. The zero-order chi connectivity index (χ0) is 10.6. The third-order valence-electron chi connectivity index (χ3n) is 2.02. The Morgan fingerprint density at radius 2 is 2.29 bits per heavy atom. The van der Waals surface area contributed by atoms with Crippen LogP contribution in [0.25, 0.3) is 0 Å². The molecule has 0 saturated heterocycles. The van der Waals surface area contributed by atoms with Crippen LogP contribution in [0.15, 0.2) is 18.2 Å². The Morgan fingerprint density at radius 1 is 1.57 bits per heavy atom. The molecule has 0 aliphatic carbocycles. The predicted octanol–water partition coefficient (Wildman–Crippen LogP) is 1.11. The number of benzene rings is 1. The van der Waals surface area contributed by atoms with E-state index in [9.17, 15) is 9.90 Å². The van der Waals surface area contributed by atoms with E-state index in [0.717, 1.165) is 11.1 Å². The third kappa shape index (κ3) is 2.57. The van der Waals surface area contributed by atoms with Crippen molar-refractivity contribution in [2.45, 2.75) is 19.4 Å². The Bertz CT molecular complexity index is 320. The number of aryl methyl sites for hydroxylation is 1. The zero-order valence-electron chi connectivity index (χ0n) is 8.36. The highest BCUT2D eigenvalue weighted by Gasteiger charge is 2.08. The molecule has 1 N–H and O–H groups in total. The second-order valence-electron chi connectivity index (χ2n) is 3.22. The molecule has 1 aromatic carbocycles. The Morgan fingerprint density at radius 3 is 2.86 bits per heavy atom. The molecule has 1 unspecified atom stereocenters. The van der Waals surface area contributed by atoms with E-state index in [0.29, 0.717) is 18.5 Å². The second-order valence-corrected chi connectivity index (χ2v) is 3.22. The van der Waals surface area contributed by atoms with Gasteiger partial charge in [-0.15, -0.1) is 0 Å². The first-order valence-corrected chi connectivity index (χ1v) is 4.44. The number of rotatable bonds is 4. The smallest absolute Gasteiger partial charge is 0.148 e. The summed E-state index contributed by atoms with van der Waals surface area (Å²) in [6, 6.07) is 5.67. The summed E-state index contributed by atoms with van der Waals surface area (Å²) in [6.45, 7) is 1.95. The van der Waals surface area contributed by atoms with E-state index in [2.05, 4.69) is 0 Å². The molecule has 0 spiro atoms. The van der Waals surface area contributed by atoms with Gasteiger partial charge in [-0.25, -0.2) is 0 Å². The number of aldehydes is 1. The van der Waals surface area contributed by atoms with Gasteiger partial charge < -0.3 is 14.6 Å². The van der Waals surface area contributed by atoms with Gasteiger partial charge in [-0.1, -0.05) is 17.7 Å². The molecule has 0 radical (unpaired) electrons. The van der Waals surface area contributed by atoms with Gasteiger partial charge in [0.2, 0.25) is 0 Å². The van der Waals surface area contributed by atoms with Crippen molar-refractivity contribution in [1.82, 2.24) is 0 Å². The molecule has 3 heteroatoms. The summed E-state index contributed by atoms with van der Waals surface area (Å²) in [4.78, 5) is 10.3. The standard InChI is InChI=1S/C11H14O3/c1-8-3-4-11(14-2)9(5-8)6-10(13)7-12/h3-5,7,10,13H,6H2,1-2H3. The van der Waals surface area contributed by atoms with Crippen LogP contribution in [-0.4, -0.2) is 24.6 Å². The molecule has 14 heavy (non-hydrogen) atoms. The molecule has 0 bridgehead atoms. The van der Waals surface area contributed by atoms with Crippen molar-refractivity contribution >= 4 is 6.29 Å². The van der Waals surface area contributed by atoms with Crippen LogP contribution in [-0.2, 0) is 11.2 Å². The van der Waals surface area contributed by atoms with Crippen molar-refractivity contribution in [1.29, 1.82) is 0 Å². The first-order valence-electron chi connectivity index (χ1n) is 4.44. The average Bonchev–Trinajstić information content (AvgIpc) is 2.18. The first kappa shape index (κ1) is 10.7. The summed E-state index contributed by atoms with van der Waals surface area (Å²) in [5, 5.41) is 9.20. The van der Waals surface area contributed by atoms with Crippen LogP contribution < -0.4 is 4.74 Å². The number of ether oxygens (including phenoxy) is 1. The normalized spacial score (nSPS) is 12.2. The summed E-state index contributed by atoms with van der Waals surface area (Å²) in [7, 11) is 1.57. The van der Waals surface area contributed by atoms with Crippen LogP contribution in [0, 0.1) is 6.92 Å². The second kappa shape index (κ2) is 4.77. The maximum absolute atomic E-state index is 10.3. The summed E-state index contributed by atoms with van der Waals surface area (Å²) < 4.78 is 5.12. The Kier molecular flexibility index (Phi) is 3.65. The lowest BCUT2D eigenvalue weighted by Crippen LogP contribution is -2.12. The van der Waals surface area contributed by atoms with E-state index in [-0.39, 0.29) is 0 Å². The van der Waals surface area contributed by atoms with Crippen molar-refractivity contribution in [3.63, 3.8) is 0 Å². The lowest BCUT2D eigenvalue weighted by atomic mass is 10.0. The average molecular weight is 194 g/mol. The lowest BCUT2D eigenvalue weighted by molar-refractivity contribution is -0.114. The van der Waals surface area contributed by atoms with Crippen molar-refractivity contribution in [2.75, 3.05) is 7.11 Å². The van der Waals surface area contributed by atoms with Gasteiger partial charge in [-0.3, -0.25) is 0 Å². The van der Waals surface area contributed by atoms with Crippen LogP contribution in [0.5, 0.6) is 5.75 Å². The molecular formula is C11H14O3. The Hall–Kier alpha value is -1.35. The molecule has 0 aromatic heterocycles. The van der Waals surface area contributed by atoms with E-state index >= 15 is 0 Å². The fourth-order valence-corrected chi connectivity index (χ4v) is 1.34. The molecule has 0 saturated carbocycles. The molecule has 76 valence electrons. The van der Waals surface area contributed by atoms with Crippen molar-refractivity contribution in [3.8, 4) is 5.75 Å². The molecule has 1 aromatic rings. The van der Waals surface area contributed by atoms with Gasteiger partial charge in [0.25, 0.3) is 0 Å². The molecule has 0 aliphatic rings. The van der Waals surface area contributed by atoms with E-state index in [1.165, 1.54) is 0 Å². The number of carbonyl (C=O) groups is 1. The van der Waals surface area contributed by atoms with Gasteiger partial charge in [0, 0.05) is 6.42 Å². The monoisotopic (exact) mass is 194 g/mol. The molecule has 3 nitrogen and oxygen atoms in total. The van der Waals surface area contributed by atoms with Crippen LogP contribution >= 0.6 is 0 Å². The van der Waals surface area contributed by atoms with E-state index in [1.54, 1.807) is 7.11 Å².